The van der Waals surface area contributed by atoms with Crippen LogP contribution in [0.15, 0.2) is 30.3 Å². The summed E-state index contributed by atoms with van der Waals surface area (Å²) in [5.74, 6) is -0.228. The van der Waals surface area contributed by atoms with E-state index in [0.29, 0.717) is 13.1 Å². The summed E-state index contributed by atoms with van der Waals surface area (Å²) < 4.78 is 0. The van der Waals surface area contributed by atoms with E-state index in [1.54, 1.807) is 0 Å². The number of nitrogens with zero attached hydrogens (tertiary/aromatic N) is 1. The van der Waals surface area contributed by atoms with Gasteiger partial charge in [-0.05, 0) is 24.9 Å². The number of benzene rings is 1. The molecular formula is C20H31N3O3. The molecule has 1 heterocycles. The molecule has 1 atom stereocenters. The van der Waals surface area contributed by atoms with Crippen LogP contribution in [-0.2, 0) is 16.0 Å². The fourth-order valence-corrected chi connectivity index (χ4v) is 3.02. The van der Waals surface area contributed by atoms with E-state index >= 15 is 0 Å². The van der Waals surface area contributed by atoms with Crippen molar-refractivity contribution >= 4 is 11.8 Å². The van der Waals surface area contributed by atoms with Crippen molar-refractivity contribution in [3.8, 4) is 0 Å². The fourth-order valence-electron chi connectivity index (χ4n) is 3.02. The zero-order chi connectivity index (χ0) is 19.0. The summed E-state index contributed by atoms with van der Waals surface area (Å²) in [6.07, 6.45) is 2.06. The maximum Gasteiger partial charge on any atom is 0.237 e. The average Bonchev–Trinajstić information content (AvgIpc) is 2.64. The third-order valence-electron chi connectivity index (χ3n) is 4.77. The Hall–Kier alpha value is -1.92. The number of aliphatic hydroxyl groups is 1. The average molecular weight is 361 g/mol. The van der Waals surface area contributed by atoms with Gasteiger partial charge in [-0.25, -0.2) is 0 Å². The minimum absolute atomic E-state index is 0.00278. The topological polar surface area (TPSA) is 81.7 Å². The lowest BCUT2D eigenvalue weighted by molar-refractivity contribution is -0.134. The number of amides is 2. The van der Waals surface area contributed by atoms with Gasteiger partial charge in [0.1, 0.15) is 0 Å². The molecule has 3 N–H and O–H groups in total. The Morgan fingerprint density at radius 1 is 1.35 bits per heavy atom. The lowest BCUT2D eigenvalue weighted by Gasteiger charge is -2.35. The van der Waals surface area contributed by atoms with Crippen LogP contribution in [0.2, 0.25) is 0 Å². The molecule has 1 saturated heterocycles. The van der Waals surface area contributed by atoms with E-state index in [-0.39, 0.29) is 30.3 Å². The maximum atomic E-state index is 12.3. The van der Waals surface area contributed by atoms with Gasteiger partial charge in [0.25, 0.3) is 0 Å². The zero-order valence-electron chi connectivity index (χ0n) is 15.8. The largest absolute Gasteiger partial charge is 0.396 e. The summed E-state index contributed by atoms with van der Waals surface area (Å²) in [6, 6.07) is 9.87. The lowest BCUT2D eigenvalue weighted by atomic mass is 9.95. The van der Waals surface area contributed by atoms with E-state index in [1.807, 2.05) is 32.0 Å². The highest BCUT2D eigenvalue weighted by Crippen LogP contribution is 2.14. The Morgan fingerprint density at radius 3 is 2.77 bits per heavy atom. The second kappa shape index (κ2) is 9.69. The van der Waals surface area contributed by atoms with E-state index in [0.717, 1.165) is 25.9 Å². The molecule has 26 heavy (non-hydrogen) atoms. The van der Waals surface area contributed by atoms with Gasteiger partial charge in [-0.15, -0.1) is 0 Å². The number of rotatable bonds is 9. The van der Waals surface area contributed by atoms with E-state index in [1.165, 1.54) is 5.56 Å². The quantitative estimate of drug-likeness (QED) is 0.612. The molecule has 0 saturated carbocycles. The van der Waals surface area contributed by atoms with Crippen molar-refractivity contribution in [1.29, 1.82) is 0 Å². The molecule has 6 heteroatoms. The molecule has 1 aliphatic heterocycles. The van der Waals surface area contributed by atoms with Crippen LogP contribution in [0.3, 0.4) is 0 Å². The van der Waals surface area contributed by atoms with Crippen molar-refractivity contribution in [2.75, 3.05) is 32.8 Å². The minimum atomic E-state index is -0.420. The van der Waals surface area contributed by atoms with Crippen LogP contribution in [0.1, 0.15) is 32.3 Å². The third-order valence-corrected chi connectivity index (χ3v) is 4.77. The molecule has 1 aromatic rings. The first-order chi connectivity index (χ1) is 12.4. The number of aryl methyl sites for hydroxylation is 1. The number of carbonyl (C=O) groups is 2. The molecular weight excluding hydrogens is 330 g/mol. The first kappa shape index (κ1) is 20.4. The number of nitrogens with one attached hydrogen (secondary N) is 2. The predicted molar refractivity (Wildman–Crippen MR) is 102 cm³/mol. The summed E-state index contributed by atoms with van der Waals surface area (Å²) in [6.45, 7) is 6.35. The van der Waals surface area contributed by atoms with Crippen molar-refractivity contribution in [2.45, 2.75) is 39.2 Å². The van der Waals surface area contributed by atoms with Crippen LogP contribution in [0, 0.1) is 5.41 Å². The molecule has 144 valence electrons. The molecule has 1 fully saturated rings. The van der Waals surface area contributed by atoms with Gasteiger partial charge < -0.3 is 15.7 Å². The van der Waals surface area contributed by atoms with Gasteiger partial charge in [0.2, 0.25) is 11.8 Å². The normalized spacial score (nSPS) is 18.4. The Kier molecular flexibility index (Phi) is 7.60. The summed E-state index contributed by atoms with van der Waals surface area (Å²) in [5, 5.41) is 15.0. The molecule has 2 amide bonds. The SMILES string of the molecule is CC(C)(CO)CNC(=O)CC1C(=O)NCCN1CCCc1ccccc1. The first-order valence-corrected chi connectivity index (χ1v) is 9.34. The number of aliphatic hydroxyl groups excluding tert-OH is 1. The van der Waals surface area contributed by atoms with Gasteiger partial charge in [0.05, 0.1) is 12.5 Å². The van der Waals surface area contributed by atoms with Crippen molar-refractivity contribution in [3.63, 3.8) is 0 Å². The predicted octanol–water partition coefficient (Wildman–Crippen LogP) is 0.944. The highest BCUT2D eigenvalue weighted by atomic mass is 16.3. The Labute approximate surface area is 156 Å². The van der Waals surface area contributed by atoms with Gasteiger partial charge in [0.15, 0.2) is 0 Å². The maximum absolute atomic E-state index is 12.3. The van der Waals surface area contributed by atoms with Crippen LogP contribution in [-0.4, -0.2) is 60.6 Å². The molecule has 1 aromatic carbocycles. The van der Waals surface area contributed by atoms with E-state index in [9.17, 15) is 14.7 Å². The second-order valence-corrected chi connectivity index (χ2v) is 7.74. The van der Waals surface area contributed by atoms with Crippen molar-refractivity contribution < 1.29 is 14.7 Å². The van der Waals surface area contributed by atoms with Gasteiger partial charge in [-0.3, -0.25) is 14.5 Å². The van der Waals surface area contributed by atoms with Crippen LogP contribution in [0.5, 0.6) is 0 Å². The van der Waals surface area contributed by atoms with Gasteiger partial charge in [-0.2, -0.15) is 0 Å². The number of piperazine rings is 1. The number of hydrogen-bond donors (Lipinski definition) is 3. The molecule has 0 radical (unpaired) electrons. The standard InChI is InChI=1S/C20H31N3O3/c1-20(2,15-24)14-22-18(25)13-17-19(26)21-10-12-23(17)11-6-9-16-7-4-3-5-8-16/h3-5,7-8,17,24H,6,9-15H2,1-2H3,(H,21,26)(H,22,25). The molecule has 0 spiro atoms. The molecule has 2 rings (SSSR count). The van der Waals surface area contributed by atoms with Crippen LogP contribution < -0.4 is 10.6 Å². The van der Waals surface area contributed by atoms with Crippen molar-refractivity contribution in [2.24, 2.45) is 5.41 Å². The Bertz CT molecular complexity index is 589. The summed E-state index contributed by atoms with van der Waals surface area (Å²) in [7, 11) is 0. The second-order valence-electron chi connectivity index (χ2n) is 7.74. The van der Waals surface area contributed by atoms with Crippen LogP contribution >= 0.6 is 0 Å². The van der Waals surface area contributed by atoms with Gasteiger partial charge in [-0.1, -0.05) is 44.2 Å². The van der Waals surface area contributed by atoms with Crippen molar-refractivity contribution in [1.82, 2.24) is 15.5 Å². The number of carbonyl (C=O) groups excluding carboxylic acids is 2. The van der Waals surface area contributed by atoms with E-state index in [2.05, 4.69) is 27.7 Å². The molecule has 1 unspecified atom stereocenters. The summed E-state index contributed by atoms with van der Waals surface area (Å²) >= 11 is 0. The van der Waals surface area contributed by atoms with Crippen LogP contribution in [0.25, 0.3) is 0 Å². The first-order valence-electron chi connectivity index (χ1n) is 9.34. The monoisotopic (exact) mass is 361 g/mol. The molecule has 0 aliphatic carbocycles. The smallest absolute Gasteiger partial charge is 0.237 e. The third kappa shape index (κ3) is 6.42. The summed E-state index contributed by atoms with van der Waals surface area (Å²) in [5.41, 5.74) is 0.925. The van der Waals surface area contributed by atoms with Gasteiger partial charge >= 0.3 is 0 Å². The fraction of sp³-hybridized carbons (Fsp3) is 0.600. The molecule has 0 bridgehead atoms. The Balaban J connectivity index is 1.84. The van der Waals surface area contributed by atoms with Crippen molar-refractivity contribution in [3.05, 3.63) is 35.9 Å². The molecule has 0 aromatic heterocycles. The zero-order valence-corrected chi connectivity index (χ0v) is 15.8. The summed E-state index contributed by atoms with van der Waals surface area (Å²) in [4.78, 5) is 26.6. The van der Waals surface area contributed by atoms with Crippen LogP contribution in [0.4, 0.5) is 0 Å². The molecule has 1 aliphatic rings. The lowest BCUT2D eigenvalue weighted by Crippen LogP contribution is -2.56. The van der Waals surface area contributed by atoms with E-state index in [4.69, 9.17) is 0 Å². The Morgan fingerprint density at radius 2 is 2.08 bits per heavy atom. The highest BCUT2D eigenvalue weighted by molar-refractivity contribution is 5.88. The molecule has 6 nitrogen and oxygen atoms in total. The van der Waals surface area contributed by atoms with E-state index < -0.39 is 6.04 Å². The number of hydrogen-bond acceptors (Lipinski definition) is 4. The highest BCUT2D eigenvalue weighted by Gasteiger charge is 2.31. The van der Waals surface area contributed by atoms with Gasteiger partial charge in [0, 0.05) is 31.7 Å². The minimum Gasteiger partial charge on any atom is -0.396 e.